The second kappa shape index (κ2) is 12.1. The first-order valence-corrected chi connectivity index (χ1v) is 12.6. The molecule has 0 aromatic heterocycles. The summed E-state index contributed by atoms with van der Waals surface area (Å²) in [6, 6.07) is 7.48. The molecular formula is C30H28F6O2. The molecule has 1 aliphatic rings. The van der Waals surface area contributed by atoms with E-state index in [1.165, 1.54) is 6.07 Å². The number of rotatable bonds is 8. The van der Waals surface area contributed by atoms with Crippen LogP contribution in [0.2, 0.25) is 0 Å². The van der Waals surface area contributed by atoms with E-state index >= 15 is 0 Å². The molecule has 0 unspecified atom stereocenters. The second-order valence-electron chi connectivity index (χ2n) is 9.49. The predicted octanol–water partition coefficient (Wildman–Crippen LogP) is 8.65. The van der Waals surface area contributed by atoms with Gasteiger partial charge < -0.3 is 9.84 Å². The highest BCUT2D eigenvalue weighted by Crippen LogP contribution is 2.37. The molecule has 1 N–H and O–H groups in total. The van der Waals surface area contributed by atoms with Crippen molar-refractivity contribution in [2.24, 2.45) is 0 Å². The van der Waals surface area contributed by atoms with E-state index in [9.17, 15) is 31.4 Å². The summed E-state index contributed by atoms with van der Waals surface area (Å²) in [5.74, 6) is -8.34. The minimum atomic E-state index is -1.55. The van der Waals surface area contributed by atoms with E-state index in [2.05, 4.69) is 0 Å². The van der Waals surface area contributed by atoms with Crippen LogP contribution < -0.4 is 0 Å². The molecule has 0 radical (unpaired) electrons. The van der Waals surface area contributed by atoms with E-state index in [1.807, 2.05) is 19.1 Å². The lowest BCUT2D eigenvalue weighted by Crippen LogP contribution is -2.22. The number of aromatic hydroxyl groups is 1. The summed E-state index contributed by atoms with van der Waals surface area (Å²) in [7, 11) is 0. The second-order valence-corrected chi connectivity index (χ2v) is 9.49. The van der Waals surface area contributed by atoms with Crippen molar-refractivity contribution in [3.05, 3.63) is 100 Å². The van der Waals surface area contributed by atoms with Crippen molar-refractivity contribution in [2.45, 2.75) is 64.1 Å². The van der Waals surface area contributed by atoms with E-state index in [1.54, 1.807) is 12.1 Å². The molecule has 8 heteroatoms. The maximum atomic E-state index is 14.8. The topological polar surface area (TPSA) is 29.5 Å². The van der Waals surface area contributed by atoms with Crippen LogP contribution in [0.1, 0.15) is 61.6 Å². The molecule has 0 atom stereocenters. The van der Waals surface area contributed by atoms with Gasteiger partial charge in [0.1, 0.15) is 0 Å². The van der Waals surface area contributed by atoms with Crippen molar-refractivity contribution in [1.82, 2.24) is 0 Å². The summed E-state index contributed by atoms with van der Waals surface area (Å²) in [6.45, 7) is 1.63. The summed E-state index contributed by atoms with van der Waals surface area (Å²) < 4.78 is 92.3. The predicted molar refractivity (Wildman–Crippen MR) is 133 cm³/mol. The highest BCUT2D eigenvalue weighted by atomic mass is 19.2. The third kappa shape index (κ3) is 5.75. The van der Waals surface area contributed by atoms with Crippen molar-refractivity contribution in [3.8, 4) is 16.9 Å². The molecule has 0 bridgehead atoms. The lowest BCUT2D eigenvalue weighted by molar-refractivity contribution is 0.0116. The Morgan fingerprint density at radius 1 is 0.737 bits per heavy atom. The van der Waals surface area contributed by atoms with E-state index in [4.69, 9.17) is 4.74 Å². The van der Waals surface area contributed by atoms with Gasteiger partial charge in [0.15, 0.2) is 34.8 Å². The first kappa shape index (κ1) is 27.8. The van der Waals surface area contributed by atoms with Crippen LogP contribution in [0.15, 0.2) is 48.6 Å². The van der Waals surface area contributed by atoms with E-state index in [0.717, 1.165) is 18.2 Å². The number of aryl methyl sites for hydroxylation is 1. The Morgan fingerprint density at radius 2 is 1.34 bits per heavy atom. The maximum Gasteiger partial charge on any atom is 0.200 e. The van der Waals surface area contributed by atoms with Crippen LogP contribution in [-0.4, -0.2) is 11.2 Å². The molecule has 0 saturated heterocycles. The van der Waals surface area contributed by atoms with Gasteiger partial charge in [0, 0.05) is 16.7 Å². The maximum absolute atomic E-state index is 14.8. The molecule has 4 rings (SSSR count). The third-order valence-electron chi connectivity index (χ3n) is 7.11. The number of phenols is 1. The highest BCUT2D eigenvalue weighted by molar-refractivity contribution is 5.66. The number of halogens is 6. The fraction of sp³-hybridized carbons (Fsp3) is 0.333. The van der Waals surface area contributed by atoms with Crippen LogP contribution in [0.25, 0.3) is 11.1 Å². The average Bonchev–Trinajstić information content (AvgIpc) is 2.92. The molecule has 0 aliphatic heterocycles. The Labute approximate surface area is 217 Å². The standard InChI is InChI=1S/C30H28F6O2/c1-2-3-4-5-18-8-12-21(27(33)25(18)31)17-6-10-20(11-7-17)38-16-19-9-13-22(28(34)26(19)32)23-14-15-24(37)30(36)29(23)35/h2-3,8-9,12-15,17,20,37H,4-7,10-11,16H2,1H3/b3-2+. The zero-order valence-electron chi connectivity index (χ0n) is 20.8. The summed E-state index contributed by atoms with van der Waals surface area (Å²) in [4.78, 5) is 0. The van der Waals surface area contributed by atoms with Gasteiger partial charge >= 0.3 is 0 Å². The van der Waals surface area contributed by atoms with Gasteiger partial charge in [-0.3, -0.25) is 0 Å². The molecule has 3 aromatic carbocycles. The number of hydrogen-bond acceptors (Lipinski definition) is 2. The number of allylic oxidation sites excluding steroid dienone is 2. The van der Waals surface area contributed by atoms with Gasteiger partial charge in [0.05, 0.1) is 12.7 Å². The molecule has 1 aliphatic carbocycles. The number of hydrogen-bond donors (Lipinski definition) is 1. The zero-order valence-corrected chi connectivity index (χ0v) is 20.8. The molecule has 2 nitrogen and oxygen atoms in total. The quantitative estimate of drug-likeness (QED) is 0.232. The molecule has 1 fully saturated rings. The van der Waals surface area contributed by atoms with Crippen molar-refractivity contribution < 1.29 is 36.2 Å². The van der Waals surface area contributed by atoms with Crippen molar-refractivity contribution in [2.75, 3.05) is 0 Å². The van der Waals surface area contributed by atoms with Crippen molar-refractivity contribution in [1.29, 1.82) is 0 Å². The number of benzene rings is 3. The monoisotopic (exact) mass is 534 g/mol. The SMILES string of the molecule is C/C=C/CCc1ccc(C2CCC(OCc3ccc(-c4ccc(O)c(F)c4F)c(F)c3F)CC2)c(F)c1F. The minimum absolute atomic E-state index is 0.0883. The fourth-order valence-electron chi connectivity index (χ4n) is 4.92. The normalized spacial score (nSPS) is 17.9. The van der Waals surface area contributed by atoms with E-state index < -0.39 is 51.8 Å². The van der Waals surface area contributed by atoms with Crippen LogP contribution in [-0.2, 0) is 17.8 Å². The van der Waals surface area contributed by atoms with Gasteiger partial charge in [-0.05, 0) is 74.6 Å². The Bertz CT molecular complexity index is 1330. The average molecular weight is 535 g/mol. The smallest absolute Gasteiger partial charge is 0.200 e. The first-order valence-electron chi connectivity index (χ1n) is 12.6. The van der Waals surface area contributed by atoms with Gasteiger partial charge in [-0.15, -0.1) is 0 Å². The zero-order chi connectivity index (χ0) is 27.4. The van der Waals surface area contributed by atoms with E-state index in [0.29, 0.717) is 49.7 Å². The Balaban J connectivity index is 1.37. The fourth-order valence-corrected chi connectivity index (χ4v) is 4.92. The summed E-state index contributed by atoms with van der Waals surface area (Å²) >= 11 is 0. The largest absolute Gasteiger partial charge is 0.505 e. The van der Waals surface area contributed by atoms with Crippen molar-refractivity contribution >= 4 is 0 Å². The minimum Gasteiger partial charge on any atom is -0.505 e. The van der Waals surface area contributed by atoms with Gasteiger partial charge in [0.2, 0.25) is 5.82 Å². The van der Waals surface area contributed by atoms with Crippen LogP contribution in [0.4, 0.5) is 26.3 Å². The van der Waals surface area contributed by atoms with E-state index in [-0.39, 0.29) is 24.2 Å². The Hall–Kier alpha value is -3.26. The van der Waals surface area contributed by atoms with Gasteiger partial charge in [-0.25, -0.2) is 22.0 Å². The lowest BCUT2D eigenvalue weighted by atomic mass is 9.82. The molecular weight excluding hydrogens is 506 g/mol. The Morgan fingerprint density at radius 3 is 2.03 bits per heavy atom. The highest BCUT2D eigenvalue weighted by Gasteiger charge is 2.27. The summed E-state index contributed by atoms with van der Waals surface area (Å²) in [5, 5.41) is 9.25. The molecule has 0 amide bonds. The molecule has 0 heterocycles. The molecule has 0 spiro atoms. The molecule has 38 heavy (non-hydrogen) atoms. The number of ether oxygens (including phenoxy) is 1. The van der Waals surface area contributed by atoms with Gasteiger partial charge in [0.25, 0.3) is 0 Å². The molecule has 202 valence electrons. The summed E-state index contributed by atoms with van der Waals surface area (Å²) in [6.07, 6.45) is 6.73. The third-order valence-corrected chi connectivity index (χ3v) is 7.11. The van der Waals surface area contributed by atoms with Crippen molar-refractivity contribution in [3.63, 3.8) is 0 Å². The van der Waals surface area contributed by atoms with Crippen LogP contribution in [0, 0.1) is 34.9 Å². The van der Waals surface area contributed by atoms with Crippen LogP contribution in [0.5, 0.6) is 5.75 Å². The summed E-state index contributed by atoms with van der Waals surface area (Å²) in [5.41, 5.74) is -0.394. The first-order chi connectivity index (χ1) is 18.2. The van der Waals surface area contributed by atoms with Gasteiger partial charge in [-0.1, -0.05) is 36.4 Å². The molecule has 1 saturated carbocycles. The van der Waals surface area contributed by atoms with Gasteiger partial charge in [-0.2, -0.15) is 4.39 Å². The Kier molecular flexibility index (Phi) is 8.82. The van der Waals surface area contributed by atoms with Crippen LogP contribution >= 0.6 is 0 Å². The van der Waals surface area contributed by atoms with Crippen LogP contribution in [0.3, 0.4) is 0 Å². The number of phenolic OH excluding ortho intramolecular Hbond substituents is 1. The lowest BCUT2D eigenvalue weighted by Gasteiger charge is -2.29. The molecule has 3 aromatic rings.